The maximum atomic E-state index is 5.53. The van der Waals surface area contributed by atoms with E-state index >= 15 is 0 Å². The van der Waals surface area contributed by atoms with Crippen LogP contribution in [0.3, 0.4) is 0 Å². The van der Waals surface area contributed by atoms with Gasteiger partial charge in [-0.05, 0) is 19.4 Å². The normalized spacial score (nSPS) is 16.0. The lowest BCUT2D eigenvalue weighted by Crippen LogP contribution is -2.44. The number of guanidine groups is 1. The fourth-order valence-corrected chi connectivity index (χ4v) is 3.84. The number of benzene rings is 2. The van der Waals surface area contributed by atoms with Gasteiger partial charge in [-0.2, -0.15) is 0 Å². The molecule has 0 spiro atoms. The summed E-state index contributed by atoms with van der Waals surface area (Å²) in [5.74, 6) is 3.79. The number of nitrogens with zero attached hydrogens (tertiary/aromatic N) is 2. The molecule has 8 nitrogen and oxygen atoms in total. The average Bonchev–Trinajstić information content (AvgIpc) is 3.30. The number of anilines is 1. The van der Waals surface area contributed by atoms with Gasteiger partial charge in [-0.15, -0.1) is 0 Å². The maximum absolute atomic E-state index is 5.53. The van der Waals surface area contributed by atoms with Gasteiger partial charge in [-0.1, -0.05) is 12.1 Å². The van der Waals surface area contributed by atoms with Crippen LogP contribution < -0.4 is 34.5 Å². The van der Waals surface area contributed by atoms with Gasteiger partial charge in [-0.25, -0.2) is 4.99 Å². The molecule has 1 fully saturated rings. The molecule has 8 heteroatoms. The molecular weight excluding hydrogens is 408 g/mol. The first-order valence-corrected chi connectivity index (χ1v) is 10.8. The number of ether oxygens (including phenoxy) is 4. The highest BCUT2D eigenvalue weighted by atomic mass is 16.5. The van der Waals surface area contributed by atoms with Crippen molar-refractivity contribution in [2.45, 2.75) is 25.9 Å². The van der Waals surface area contributed by atoms with E-state index in [4.69, 9.17) is 23.9 Å². The summed E-state index contributed by atoms with van der Waals surface area (Å²) in [7, 11) is 6.63. The molecule has 2 aromatic carbocycles. The molecule has 1 unspecified atom stereocenters. The third-order valence-electron chi connectivity index (χ3n) is 5.47. The highest BCUT2D eigenvalue weighted by molar-refractivity contribution is 5.80. The van der Waals surface area contributed by atoms with Crippen molar-refractivity contribution in [2.24, 2.45) is 4.99 Å². The largest absolute Gasteiger partial charge is 0.497 e. The van der Waals surface area contributed by atoms with Crippen molar-refractivity contribution in [1.29, 1.82) is 0 Å². The highest BCUT2D eigenvalue weighted by Gasteiger charge is 2.24. The third-order valence-corrected chi connectivity index (χ3v) is 5.47. The summed E-state index contributed by atoms with van der Waals surface area (Å²) in [5.41, 5.74) is 2.06. The van der Waals surface area contributed by atoms with E-state index < -0.39 is 0 Å². The summed E-state index contributed by atoms with van der Waals surface area (Å²) in [6.07, 6.45) is 1.01. The second kappa shape index (κ2) is 11.4. The third kappa shape index (κ3) is 5.69. The van der Waals surface area contributed by atoms with Crippen LogP contribution in [0.5, 0.6) is 23.0 Å². The lowest BCUT2D eigenvalue weighted by Gasteiger charge is -2.21. The molecule has 174 valence electrons. The minimum Gasteiger partial charge on any atom is -0.497 e. The van der Waals surface area contributed by atoms with Gasteiger partial charge in [0.15, 0.2) is 17.5 Å². The quantitative estimate of drug-likeness (QED) is 0.457. The van der Waals surface area contributed by atoms with Crippen molar-refractivity contribution in [3.05, 3.63) is 42.0 Å². The molecule has 2 N–H and O–H groups in total. The Kier molecular flexibility index (Phi) is 8.30. The lowest BCUT2D eigenvalue weighted by atomic mass is 10.2. The topological polar surface area (TPSA) is 76.6 Å². The minimum absolute atomic E-state index is 0.275. The Bertz CT molecular complexity index is 897. The number of methoxy groups -OCH3 is 4. The molecule has 3 rings (SSSR count). The molecule has 1 heterocycles. The monoisotopic (exact) mass is 442 g/mol. The van der Waals surface area contributed by atoms with Gasteiger partial charge in [0.1, 0.15) is 11.5 Å². The van der Waals surface area contributed by atoms with Crippen LogP contribution in [-0.2, 0) is 6.54 Å². The standard InChI is InChI=1S/C24H34N4O4/c1-6-25-24(26-15-17-8-7-9-22(31-4)23(17)32-5)27-18-10-11-28(16-18)19-12-20(29-2)14-21(13-19)30-3/h7-9,12-14,18H,6,10-11,15-16H2,1-5H3,(H2,25,26,27). The SMILES string of the molecule is CCNC(=NCc1cccc(OC)c1OC)NC1CCN(c2cc(OC)cc(OC)c2)C1. The Labute approximate surface area is 190 Å². The number of hydrogen-bond acceptors (Lipinski definition) is 6. The van der Waals surface area contributed by atoms with Gasteiger partial charge >= 0.3 is 0 Å². The van der Waals surface area contributed by atoms with E-state index in [9.17, 15) is 0 Å². The zero-order valence-electron chi connectivity index (χ0n) is 19.6. The van der Waals surface area contributed by atoms with Crippen molar-refractivity contribution in [3.63, 3.8) is 0 Å². The van der Waals surface area contributed by atoms with E-state index in [0.29, 0.717) is 18.0 Å². The van der Waals surface area contributed by atoms with Gasteiger partial charge < -0.3 is 34.5 Å². The second-order valence-corrected chi connectivity index (χ2v) is 7.49. The van der Waals surface area contributed by atoms with Crippen LogP contribution in [0.2, 0.25) is 0 Å². The summed E-state index contributed by atoms with van der Waals surface area (Å²) in [4.78, 5) is 7.11. The van der Waals surface area contributed by atoms with Crippen molar-refractivity contribution >= 4 is 11.6 Å². The number of aliphatic imine (C=N–C) groups is 1. The highest BCUT2D eigenvalue weighted by Crippen LogP contribution is 2.32. The van der Waals surface area contributed by atoms with Crippen molar-refractivity contribution in [2.75, 3.05) is 53.0 Å². The van der Waals surface area contributed by atoms with Gasteiger partial charge in [-0.3, -0.25) is 0 Å². The molecule has 32 heavy (non-hydrogen) atoms. The fraction of sp³-hybridized carbons (Fsp3) is 0.458. The van der Waals surface area contributed by atoms with Crippen LogP contribution in [0.4, 0.5) is 5.69 Å². The summed E-state index contributed by atoms with van der Waals surface area (Å²) < 4.78 is 21.8. The van der Waals surface area contributed by atoms with Gasteiger partial charge in [0, 0.05) is 55.1 Å². The smallest absolute Gasteiger partial charge is 0.191 e. The van der Waals surface area contributed by atoms with E-state index in [1.54, 1.807) is 28.4 Å². The van der Waals surface area contributed by atoms with Gasteiger partial charge in [0.2, 0.25) is 0 Å². The summed E-state index contributed by atoms with van der Waals surface area (Å²) in [5, 5.41) is 6.92. The Morgan fingerprint density at radius 3 is 2.41 bits per heavy atom. The number of nitrogens with one attached hydrogen (secondary N) is 2. The van der Waals surface area contributed by atoms with Crippen molar-refractivity contribution < 1.29 is 18.9 Å². The number of hydrogen-bond donors (Lipinski definition) is 2. The van der Waals surface area contributed by atoms with Gasteiger partial charge in [0.05, 0.1) is 35.0 Å². The van der Waals surface area contributed by atoms with E-state index in [-0.39, 0.29) is 6.04 Å². The first-order valence-electron chi connectivity index (χ1n) is 10.8. The van der Waals surface area contributed by atoms with E-state index in [2.05, 4.69) is 22.5 Å². The van der Waals surface area contributed by atoms with Gasteiger partial charge in [0.25, 0.3) is 0 Å². The first-order chi connectivity index (χ1) is 15.6. The molecule has 1 aliphatic heterocycles. The average molecular weight is 443 g/mol. The molecule has 0 bridgehead atoms. The molecule has 1 aliphatic rings. The molecule has 0 amide bonds. The Morgan fingerprint density at radius 1 is 1.03 bits per heavy atom. The van der Waals surface area contributed by atoms with E-state index in [1.807, 2.05) is 36.4 Å². The Balaban J connectivity index is 1.69. The molecular formula is C24H34N4O4. The van der Waals surface area contributed by atoms with Crippen molar-refractivity contribution in [1.82, 2.24) is 10.6 Å². The van der Waals surface area contributed by atoms with Crippen molar-refractivity contribution in [3.8, 4) is 23.0 Å². The fourth-order valence-electron chi connectivity index (χ4n) is 3.84. The molecule has 0 aromatic heterocycles. The maximum Gasteiger partial charge on any atom is 0.191 e. The molecule has 0 aliphatic carbocycles. The van der Waals surface area contributed by atoms with Crippen LogP contribution in [0, 0.1) is 0 Å². The molecule has 1 atom stereocenters. The predicted molar refractivity (Wildman–Crippen MR) is 128 cm³/mol. The lowest BCUT2D eigenvalue weighted by molar-refractivity contribution is 0.352. The van der Waals surface area contributed by atoms with Crippen LogP contribution >= 0.6 is 0 Å². The van der Waals surface area contributed by atoms with E-state index in [0.717, 1.165) is 54.8 Å². The predicted octanol–water partition coefficient (Wildman–Crippen LogP) is 3.06. The Hall–Kier alpha value is -3.29. The Morgan fingerprint density at radius 2 is 1.78 bits per heavy atom. The zero-order valence-corrected chi connectivity index (χ0v) is 19.6. The van der Waals surface area contributed by atoms with Crippen LogP contribution in [0.1, 0.15) is 18.9 Å². The van der Waals surface area contributed by atoms with E-state index in [1.165, 1.54) is 0 Å². The summed E-state index contributed by atoms with van der Waals surface area (Å²) in [6.45, 7) is 5.14. The van der Waals surface area contributed by atoms with Crippen LogP contribution in [0.25, 0.3) is 0 Å². The molecule has 0 radical (unpaired) electrons. The molecule has 0 saturated carbocycles. The molecule has 1 saturated heterocycles. The number of para-hydroxylation sites is 1. The first kappa shape index (κ1) is 23.4. The second-order valence-electron chi connectivity index (χ2n) is 7.49. The zero-order chi connectivity index (χ0) is 22.9. The summed E-state index contributed by atoms with van der Waals surface area (Å²) in [6, 6.07) is 12.1. The minimum atomic E-state index is 0.275. The number of rotatable bonds is 9. The summed E-state index contributed by atoms with van der Waals surface area (Å²) >= 11 is 0. The van der Waals surface area contributed by atoms with Crippen LogP contribution in [-0.4, -0.2) is 60.1 Å². The molecule has 2 aromatic rings. The van der Waals surface area contributed by atoms with Crippen LogP contribution in [0.15, 0.2) is 41.4 Å².